The third kappa shape index (κ3) is 2.55. The zero-order valence-electron chi connectivity index (χ0n) is 6.26. The van der Waals surface area contributed by atoms with E-state index >= 15 is 0 Å². The summed E-state index contributed by atoms with van der Waals surface area (Å²) >= 11 is 0. The van der Waals surface area contributed by atoms with Gasteiger partial charge in [0.05, 0.1) is 6.20 Å². The van der Waals surface area contributed by atoms with Crippen molar-refractivity contribution in [2.24, 2.45) is 5.10 Å². The van der Waals surface area contributed by atoms with Gasteiger partial charge in [-0.15, -0.1) is 10.3 Å². The highest BCUT2D eigenvalue weighted by Gasteiger charge is 2.03. The van der Waals surface area contributed by atoms with E-state index in [0.29, 0.717) is 0 Å². The lowest BCUT2D eigenvalue weighted by Gasteiger charge is -2.19. The van der Waals surface area contributed by atoms with Crippen LogP contribution in [-0.2, 0) is 0 Å². The maximum atomic E-state index is 12.4. The molecule has 0 saturated carbocycles. The first kappa shape index (κ1) is 8.00. The first-order valence-corrected chi connectivity index (χ1v) is 3.45. The van der Waals surface area contributed by atoms with E-state index in [1.54, 1.807) is 0 Å². The molecule has 11 heavy (non-hydrogen) atoms. The summed E-state index contributed by atoms with van der Waals surface area (Å²) in [5.41, 5.74) is 5.39. The number of hydrogen-bond acceptors (Lipinski definition) is 4. The summed E-state index contributed by atoms with van der Waals surface area (Å²) in [7, 11) is 0. The summed E-state index contributed by atoms with van der Waals surface area (Å²) in [4.78, 5) is 0. The molecule has 2 N–H and O–H groups in total. The smallest absolute Gasteiger partial charge is 0.236 e. The van der Waals surface area contributed by atoms with Gasteiger partial charge in [0.25, 0.3) is 0 Å². The van der Waals surface area contributed by atoms with Gasteiger partial charge in [0.2, 0.25) is 5.97 Å². The van der Waals surface area contributed by atoms with Crippen molar-refractivity contribution in [3.05, 3.63) is 12.3 Å². The van der Waals surface area contributed by atoms with Crippen molar-refractivity contribution in [1.29, 1.82) is 0 Å². The average Bonchev–Trinajstić information content (AvgIpc) is 2.01. The molecule has 1 radical (unpaired) electrons. The van der Waals surface area contributed by atoms with Crippen molar-refractivity contribution in [2.75, 3.05) is 6.54 Å². The van der Waals surface area contributed by atoms with Gasteiger partial charge in [-0.3, -0.25) is 5.43 Å². The maximum absolute atomic E-state index is 12.4. The van der Waals surface area contributed by atoms with Crippen LogP contribution < -0.4 is 10.9 Å². The molecule has 4 nitrogen and oxygen atoms in total. The zero-order valence-corrected chi connectivity index (χ0v) is 6.26. The number of rotatable bonds is 3. The van der Waals surface area contributed by atoms with Gasteiger partial charge in [-0.05, 0) is 6.42 Å². The normalized spacial score (nSPS) is 16.2. The SMILES string of the molecule is CCCNN1N=C(F)C=[C]N1. The van der Waals surface area contributed by atoms with Crippen molar-refractivity contribution in [1.82, 2.24) is 16.1 Å². The van der Waals surface area contributed by atoms with Crippen LogP contribution in [0.1, 0.15) is 13.3 Å². The van der Waals surface area contributed by atoms with Gasteiger partial charge in [-0.2, -0.15) is 9.82 Å². The molecule has 1 rings (SSSR count). The van der Waals surface area contributed by atoms with Crippen molar-refractivity contribution >= 4 is 5.97 Å². The molecule has 0 unspecified atom stereocenters. The lowest BCUT2D eigenvalue weighted by molar-refractivity contribution is 0.137. The predicted molar refractivity (Wildman–Crippen MR) is 39.6 cm³/mol. The minimum atomic E-state index is -0.563. The van der Waals surface area contributed by atoms with Gasteiger partial charge < -0.3 is 0 Å². The van der Waals surface area contributed by atoms with Crippen LogP contribution in [-0.4, -0.2) is 17.7 Å². The minimum Gasteiger partial charge on any atom is -0.265 e. The highest BCUT2D eigenvalue weighted by Crippen LogP contribution is 1.91. The Labute approximate surface area is 64.7 Å². The topological polar surface area (TPSA) is 39.7 Å². The third-order valence-electron chi connectivity index (χ3n) is 1.07. The number of hydrazone groups is 1. The highest BCUT2D eigenvalue weighted by molar-refractivity contribution is 5.85. The Bertz CT molecular complexity index is 177. The number of halogens is 1. The van der Waals surface area contributed by atoms with Gasteiger partial charge in [-0.1, -0.05) is 6.92 Å². The molecule has 0 amide bonds. The van der Waals surface area contributed by atoms with E-state index in [-0.39, 0.29) is 0 Å². The Balaban J connectivity index is 2.31. The summed E-state index contributed by atoms with van der Waals surface area (Å²) < 4.78 is 12.4. The van der Waals surface area contributed by atoms with Crippen molar-refractivity contribution in [3.63, 3.8) is 0 Å². The van der Waals surface area contributed by atoms with E-state index < -0.39 is 5.97 Å². The van der Waals surface area contributed by atoms with E-state index in [4.69, 9.17) is 0 Å². The molecule has 61 valence electrons. The monoisotopic (exact) mass is 157 g/mol. The van der Waals surface area contributed by atoms with Crippen molar-refractivity contribution in [3.8, 4) is 0 Å². The second kappa shape index (κ2) is 3.92. The van der Waals surface area contributed by atoms with Gasteiger partial charge >= 0.3 is 0 Å². The van der Waals surface area contributed by atoms with E-state index in [9.17, 15) is 4.39 Å². The lowest BCUT2D eigenvalue weighted by atomic mass is 10.5. The second-order valence-electron chi connectivity index (χ2n) is 2.04. The van der Waals surface area contributed by atoms with Crippen LogP contribution in [0, 0.1) is 6.20 Å². The summed E-state index contributed by atoms with van der Waals surface area (Å²) in [6, 6.07) is 0. The Hall–Kier alpha value is -1.10. The summed E-state index contributed by atoms with van der Waals surface area (Å²) in [6.45, 7) is 2.75. The Morgan fingerprint density at radius 3 is 3.36 bits per heavy atom. The molecule has 0 aromatic heterocycles. The fourth-order valence-electron chi connectivity index (χ4n) is 0.595. The Morgan fingerprint density at radius 1 is 1.91 bits per heavy atom. The molecule has 0 aromatic carbocycles. The molecule has 0 atom stereocenters. The molecule has 0 fully saturated rings. The number of allylic oxidation sites excluding steroid dienone is 1. The molecule has 1 aliphatic rings. The van der Waals surface area contributed by atoms with Gasteiger partial charge in [-0.25, -0.2) is 0 Å². The quantitative estimate of drug-likeness (QED) is 0.619. The zero-order chi connectivity index (χ0) is 8.10. The molecular formula is C6H10FN4. The predicted octanol–water partition coefficient (Wildman–Crippen LogP) is 0.321. The summed E-state index contributed by atoms with van der Waals surface area (Å²) in [5, 5.41) is 4.66. The van der Waals surface area contributed by atoms with Crippen LogP contribution in [0.4, 0.5) is 4.39 Å². The fourth-order valence-corrected chi connectivity index (χ4v) is 0.595. The van der Waals surface area contributed by atoms with E-state index in [1.807, 2.05) is 6.92 Å². The van der Waals surface area contributed by atoms with Crippen LogP contribution in [0.5, 0.6) is 0 Å². The number of nitrogens with one attached hydrogen (secondary N) is 2. The van der Waals surface area contributed by atoms with E-state index in [1.165, 1.54) is 5.23 Å². The minimum absolute atomic E-state index is 0.563. The van der Waals surface area contributed by atoms with Gasteiger partial charge in [0, 0.05) is 12.6 Å². The standard InChI is InChI=1S/C6H10FN4/c1-2-4-8-11-9-5-3-6(7)10-11/h3,8-9H,2,4H2,1H3. The average molecular weight is 157 g/mol. The van der Waals surface area contributed by atoms with Crippen molar-refractivity contribution in [2.45, 2.75) is 13.3 Å². The molecule has 5 heteroatoms. The van der Waals surface area contributed by atoms with Crippen LogP contribution in [0.3, 0.4) is 0 Å². The number of hydrogen-bond donors (Lipinski definition) is 2. The molecule has 0 saturated heterocycles. The second-order valence-corrected chi connectivity index (χ2v) is 2.04. The lowest BCUT2D eigenvalue weighted by Crippen LogP contribution is -2.44. The van der Waals surface area contributed by atoms with Crippen LogP contribution in [0.25, 0.3) is 0 Å². The largest absolute Gasteiger partial charge is 0.265 e. The Morgan fingerprint density at radius 2 is 2.73 bits per heavy atom. The van der Waals surface area contributed by atoms with Crippen LogP contribution >= 0.6 is 0 Å². The molecule has 0 aliphatic carbocycles. The number of nitrogens with zero attached hydrogens (tertiary/aromatic N) is 2. The highest BCUT2D eigenvalue weighted by atomic mass is 19.1. The molecule has 0 spiro atoms. The molecule has 1 heterocycles. The van der Waals surface area contributed by atoms with E-state index in [0.717, 1.165) is 19.0 Å². The molecule has 0 bridgehead atoms. The van der Waals surface area contributed by atoms with Crippen LogP contribution in [0.15, 0.2) is 11.2 Å². The number of hydrazine groups is 2. The van der Waals surface area contributed by atoms with E-state index in [2.05, 4.69) is 22.2 Å². The fraction of sp³-hybridized carbons (Fsp3) is 0.500. The van der Waals surface area contributed by atoms with Gasteiger partial charge in [0.1, 0.15) is 0 Å². The molecule has 0 aromatic rings. The van der Waals surface area contributed by atoms with Crippen LogP contribution in [0.2, 0.25) is 0 Å². The Kier molecular flexibility index (Phi) is 2.85. The molecule has 1 aliphatic heterocycles. The summed E-state index contributed by atoms with van der Waals surface area (Å²) in [6.07, 6.45) is 4.56. The van der Waals surface area contributed by atoms with Gasteiger partial charge in [0.15, 0.2) is 0 Å². The first-order valence-electron chi connectivity index (χ1n) is 3.45. The third-order valence-corrected chi connectivity index (χ3v) is 1.07. The van der Waals surface area contributed by atoms with Crippen molar-refractivity contribution < 1.29 is 4.39 Å². The molecular weight excluding hydrogens is 147 g/mol. The maximum Gasteiger partial charge on any atom is 0.236 e. The summed E-state index contributed by atoms with van der Waals surface area (Å²) in [5.74, 6) is -0.563. The first-order chi connectivity index (χ1) is 5.33.